The quantitative estimate of drug-likeness (QED) is 0.787. The molecule has 0 atom stereocenters. The molecule has 0 radical (unpaired) electrons. The van der Waals surface area contributed by atoms with E-state index in [1.54, 1.807) is 18.2 Å². The molecule has 0 saturated carbocycles. The number of nitrogen functional groups attached to an aromatic ring is 1. The number of hydrogen-bond donors (Lipinski definition) is 1. The number of rotatable bonds is 1. The number of hydrogen-bond acceptors (Lipinski definition) is 2. The largest absolute Gasteiger partial charge is 0.399 e. The van der Waals surface area contributed by atoms with Crippen LogP contribution in [0.4, 0.5) is 24.5 Å². The van der Waals surface area contributed by atoms with Crippen LogP contribution in [0.2, 0.25) is 0 Å². The lowest BCUT2D eigenvalue weighted by Crippen LogP contribution is -2.37. The molecule has 98 valence electrons. The molecule has 1 aromatic rings. The first kappa shape index (κ1) is 12.7. The molecule has 1 aliphatic rings. The number of benzene rings is 1. The summed E-state index contributed by atoms with van der Waals surface area (Å²) in [7, 11) is 0. The second-order valence-corrected chi connectivity index (χ2v) is 4.33. The van der Waals surface area contributed by atoms with E-state index in [1.165, 1.54) is 4.90 Å². The molecule has 0 unspecified atom stereocenters. The van der Waals surface area contributed by atoms with Crippen LogP contribution in [0, 0.1) is 0 Å². The normalized spacial score (nSPS) is 15.4. The first-order valence-corrected chi connectivity index (χ1v) is 5.62. The predicted molar refractivity (Wildman–Crippen MR) is 62.2 cm³/mol. The van der Waals surface area contributed by atoms with E-state index < -0.39 is 18.5 Å². The highest BCUT2D eigenvalue weighted by Crippen LogP contribution is 2.31. The summed E-state index contributed by atoms with van der Waals surface area (Å²) in [5, 5.41) is 0. The molecule has 1 heterocycles. The van der Waals surface area contributed by atoms with E-state index in [1.807, 2.05) is 0 Å². The minimum atomic E-state index is -4.47. The standard InChI is InChI=1S/C12H13F3N2O/c13-12(14,15)7-11(18)17-5-1-2-8-6-9(16)3-4-10(8)17/h3-4,6H,1-2,5,7,16H2. The van der Waals surface area contributed by atoms with Gasteiger partial charge in [0.25, 0.3) is 0 Å². The molecule has 1 aliphatic heterocycles. The lowest BCUT2D eigenvalue weighted by atomic mass is 10.0. The maximum Gasteiger partial charge on any atom is 0.397 e. The number of carbonyl (C=O) groups excluding carboxylic acids is 1. The molecule has 0 saturated heterocycles. The zero-order chi connectivity index (χ0) is 13.3. The van der Waals surface area contributed by atoms with Crippen molar-refractivity contribution < 1.29 is 18.0 Å². The maximum atomic E-state index is 12.2. The summed E-state index contributed by atoms with van der Waals surface area (Å²) in [6.07, 6.45) is -4.50. The van der Waals surface area contributed by atoms with Gasteiger partial charge in [-0.15, -0.1) is 0 Å². The predicted octanol–water partition coefficient (Wildman–Crippen LogP) is 2.50. The molecule has 18 heavy (non-hydrogen) atoms. The van der Waals surface area contributed by atoms with Crippen molar-refractivity contribution in [2.24, 2.45) is 0 Å². The summed E-state index contributed by atoms with van der Waals surface area (Å²) in [6, 6.07) is 4.92. The van der Waals surface area contributed by atoms with E-state index in [4.69, 9.17) is 5.73 Å². The Hall–Kier alpha value is -1.72. The zero-order valence-electron chi connectivity index (χ0n) is 9.63. The van der Waals surface area contributed by atoms with Crippen molar-refractivity contribution in [3.8, 4) is 0 Å². The summed E-state index contributed by atoms with van der Waals surface area (Å²) in [4.78, 5) is 12.8. The molecule has 1 amide bonds. The van der Waals surface area contributed by atoms with E-state index in [-0.39, 0.29) is 0 Å². The first-order chi connectivity index (χ1) is 8.37. The Balaban J connectivity index is 2.25. The number of nitrogens with zero attached hydrogens (tertiary/aromatic N) is 1. The van der Waals surface area contributed by atoms with Crippen molar-refractivity contribution in [3.05, 3.63) is 23.8 Å². The third-order valence-electron chi connectivity index (χ3n) is 2.87. The highest BCUT2D eigenvalue weighted by molar-refractivity contribution is 5.95. The van der Waals surface area contributed by atoms with Crippen molar-refractivity contribution in [1.82, 2.24) is 0 Å². The Labute approximate surface area is 102 Å². The molecule has 0 bridgehead atoms. The van der Waals surface area contributed by atoms with E-state index in [0.29, 0.717) is 24.3 Å². The van der Waals surface area contributed by atoms with Crippen LogP contribution in [0.5, 0.6) is 0 Å². The summed E-state index contributed by atoms with van der Waals surface area (Å²) in [5.41, 5.74) is 7.55. The lowest BCUT2D eigenvalue weighted by Gasteiger charge is -2.30. The van der Waals surface area contributed by atoms with Gasteiger partial charge in [0.05, 0.1) is 0 Å². The first-order valence-electron chi connectivity index (χ1n) is 5.62. The molecule has 0 aliphatic carbocycles. The highest BCUT2D eigenvalue weighted by Gasteiger charge is 2.35. The number of aryl methyl sites for hydroxylation is 1. The Morgan fingerprint density at radius 1 is 1.39 bits per heavy atom. The van der Waals surface area contributed by atoms with Crippen LogP contribution in [-0.2, 0) is 11.2 Å². The number of alkyl halides is 3. The number of carbonyl (C=O) groups is 1. The van der Waals surface area contributed by atoms with Gasteiger partial charge in [0.15, 0.2) is 0 Å². The second kappa shape index (κ2) is 4.51. The second-order valence-electron chi connectivity index (χ2n) is 4.33. The van der Waals surface area contributed by atoms with Gasteiger partial charge in [-0.2, -0.15) is 13.2 Å². The Morgan fingerprint density at radius 2 is 2.11 bits per heavy atom. The van der Waals surface area contributed by atoms with E-state index in [0.717, 1.165) is 12.0 Å². The number of amides is 1. The van der Waals surface area contributed by atoms with Gasteiger partial charge in [-0.25, -0.2) is 0 Å². The number of fused-ring (bicyclic) bond motifs is 1. The smallest absolute Gasteiger partial charge is 0.397 e. The Bertz CT molecular complexity index is 471. The molecule has 1 aromatic carbocycles. The van der Waals surface area contributed by atoms with Crippen molar-refractivity contribution in [2.45, 2.75) is 25.4 Å². The molecule has 3 nitrogen and oxygen atoms in total. The zero-order valence-corrected chi connectivity index (χ0v) is 9.63. The van der Waals surface area contributed by atoms with Crippen molar-refractivity contribution in [1.29, 1.82) is 0 Å². The van der Waals surface area contributed by atoms with Gasteiger partial charge in [-0.1, -0.05) is 0 Å². The van der Waals surface area contributed by atoms with Gasteiger partial charge in [0, 0.05) is 17.9 Å². The molecule has 0 aromatic heterocycles. The van der Waals surface area contributed by atoms with E-state index in [2.05, 4.69) is 0 Å². The van der Waals surface area contributed by atoms with Crippen LogP contribution in [0.15, 0.2) is 18.2 Å². The van der Waals surface area contributed by atoms with E-state index in [9.17, 15) is 18.0 Å². The van der Waals surface area contributed by atoms with Crippen LogP contribution >= 0.6 is 0 Å². The third kappa shape index (κ3) is 2.75. The van der Waals surface area contributed by atoms with Gasteiger partial charge < -0.3 is 10.6 Å². The SMILES string of the molecule is Nc1ccc2c(c1)CCCN2C(=O)CC(F)(F)F. The summed E-state index contributed by atoms with van der Waals surface area (Å²) < 4.78 is 36.7. The summed E-state index contributed by atoms with van der Waals surface area (Å²) in [6.45, 7) is 0.325. The van der Waals surface area contributed by atoms with Gasteiger partial charge in [-0.05, 0) is 36.6 Å². The molecule has 0 spiro atoms. The van der Waals surface area contributed by atoms with Crippen LogP contribution in [-0.4, -0.2) is 18.6 Å². The monoisotopic (exact) mass is 258 g/mol. The maximum absolute atomic E-state index is 12.2. The minimum Gasteiger partial charge on any atom is -0.399 e. The van der Waals surface area contributed by atoms with Crippen molar-refractivity contribution in [3.63, 3.8) is 0 Å². The van der Waals surface area contributed by atoms with Crippen LogP contribution < -0.4 is 10.6 Å². The Kier molecular flexibility index (Phi) is 3.19. The fourth-order valence-electron chi connectivity index (χ4n) is 2.14. The van der Waals surface area contributed by atoms with Crippen molar-refractivity contribution >= 4 is 17.3 Å². The fraction of sp³-hybridized carbons (Fsp3) is 0.417. The third-order valence-corrected chi connectivity index (χ3v) is 2.87. The average molecular weight is 258 g/mol. The van der Waals surface area contributed by atoms with Crippen molar-refractivity contribution in [2.75, 3.05) is 17.2 Å². The summed E-state index contributed by atoms with van der Waals surface area (Å²) in [5.74, 6) is -0.909. The Morgan fingerprint density at radius 3 is 2.78 bits per heavy atom. The van der Waals surface area contributed by atoms with Gasteiger partial charge in [0.1, 0.15) is 6.42 Å². The number of anilines is 2. The fourth-order valence-corrected chi connectivity index (χ4v) is 2.14. The molecule has 6 heteroatoms. The molecule has 0 fully saturated rings. The molecular formula is C12H13F3N2O. The molecular weight excluding hydrogens is 245 g/mol. The summed E-state index contributed by atoms with van der Waals surface area (Å²) >= 11 is 0. The van der Waals surface area contributed by atoms with Gasteiger partial charge in [-0.3, -0.25) is 4.79 Å². The van der Waals surface area contributed by atoms with Gasteiger partial charge in [0.2, 0.25) is 5.91 Å². The lowest BCUT2D eigenvalue weighted by molar-refractivity contribution is -0.151. The number of nitrogens with two attached hydrogens (primary N) is 1. The highest BCUT2D eigenvalue weighted by atomic mass is 19.4. The minimum absolute atomic E-state index is 0.325. The van der Waals surface area contributed by atoms with Crippen LogP contribution in [0.25, 0.3) is 0 Å². The molecule has 2 N–H and O–H groups in total. The number of halogens is 3. The van der Waals surface area contributed by atoms with E-state index >= 15 is 0 Å². The van der Waals surface area contributed by atoms with Crippen LogP contribution in [0.1, 0.15) is 18.4 Å². The van der Waals surface area contributed by atoms with Gasteiger partial charge >= 0.3 is 6.18 Å². The molecule has 2 rings (SSSR count). The van der Waals surface area contributed by atoms with Crippen LogP contribution in [0.3, 0.4) is 0 Å². The topological polar surface area (TPSA) is 46.3 Å². The average Bonchev–Trinajstić information content (AvgIpc) is 2.25.